The third kappa shape index (κ3) is 3.65. The molecule has 114 valence electrons. The van der Waals surface area contributed by atoms with Crippen molar-refractivity contribution in [1.82, 2.24) is 9.55 Å². The molecule has 0 saturated carbocycles. The lowest BCUT2D eigenvalue weighted by molar-refractivity contribution is 0.429. The molecule has 0 fully saturated rings. The third-order valence-corrected chi connectivity index (χ3v) is 4.08. The fourth-order valence-corrected chi connectivity index (χ4v) is 2.88. The molecule has 0 spiro atoms. The molecule has 0 aliphatic rings. The van der Waals surface area contributed by atoms with Crippen molar-refractivity contribution in [3.05, 3.63) is 40.4 Å². The molecular weight excluding hydrogens is 284 g/mol. The van der Waals surface area contributed by atoms with E-state index in [4.69, 9.17) is 11.6 Å². The van der Waals surface area contributed by atoms with Crippen molar-refractivity contribution in [2.24, 2.45) is 5.92 Å². The Hall–Kier alpha value is -1.35. The Labute approximate surface area is 131 Å². The van der Waals surface area contributed by atoms with E-state index in [0.717, 1.165) is 18.4 Å². The van der Waals surface area contributed by atoms with Gasteiger partial charge in [-0.2, -0.15) is 0 Å². The van der Waals surface area contributed by atoms with Gasteiger partial charge < -0.3 is 0 Å². The Morgan fingerprint density at radius 3 is 2.57 bits per heavy atom. The quantitative estimate of drug-likeness (QED) is 0.735. The largest absolute Gasteiger partial charge is 0.292 e. The predicted octanol–water partition coefficient (Wildman–Crippen LogP) is 4.52. The van der Waals surface area contributed by atoms with Crippen molar-refractivity contribution in [1.29, 1.82) is 0 Å². The van der Waals surface area contributed by atoms with Gasteiger partial charge in [-0.15, -0.1) is 11.6 Å². The van der Waals surface area contributed by atoms with E-state index in [0.29, 0.717) is 17.1 Å². The fraction of sp³-hybridized carbons (Fsp3) is 0.529. The first-order chi connectivity index (χ1) is 10.0. The average molecular weight is 307 g/mol. The molecule has 1 aromatic heterocycles. The molecule has 3 nitrogen and oxygen atoms in total. The summed E-state index contributed by atoms with van der Waals surface area (Å²) >= 11 is 6.01. The molecule has 0 N–H and O–H groups in total. The van der Waals surface area contributed by atoms with Gasteiger partial charge in [0.2, 0.25) is 0 Å². The number of alkyl halides is 1. The summed E-state index contributed by atoms with van der Waals surface area (Å²) in [6.45, 7) is 6.52. The number of hydrogen-bond donors (Lipinski definition) is 0. The van der Waals surface area contributed by atoms with Gasteiger partial charge in [0.1, 0.15) is 5.82 Å². The van der Waals surface area contributed by atoms with E-state index in [1.54, 1.807) is 4.57 Å². The molecule has 0 aliphatic carbocycles. The number of benzene rings is 1. The normalized spacial score (nSPS) is 13.0. The highest BCUT2D eigenvalue weighted by molar-refractivity contribution is 6.16. The van der Waals surface area contributed by atoms with E-state index in [9.17, 15) is 4.79 Å². The van der Waals surface area contributed by atoms with Crippen LogP contribution in [0, 0.1) is 5.92 Å². The molecular formula is C17H23ClN2O. The molecule has 2 aromatic rings. The summed E-state index contributed by atoms with van der Waals surface area (Å²) in [6, 6.07) is 7.59. The fourth-order valence-electron chi connectivity index (χ4n) is 2.69. The summed E-state index contributed by atoms with van der Waals surface area (Å²) in [5.74, 6) is 1.61. The van der Waals surface area contributed by atoms with E-state index >= 15 is 0 Å². The Kier molecular flexibility index (Phi) is 5.40. The van der Waals surface area contributed by atoms with Crippen LogP contribution in [0.3, 0.4) is 0 Å². The summed E-state index contributed by atoms with van der Waals surface area (Å²) in [4.78, 5) is 17.3. The second kappa shape index (κ2) is 7.08. The summed E-state index contributed by atoms with van der Waals surface area (Å²) in [5.41, 5.74) is 0.747. The molecule has 0 aliphatic heterocycles. The van der Waals surface area contributed by atoms with Crippen molar-refractivity contribution in [2.45, 2.75) is 52.0 Å². The van der Waals surface area contributed by atoms with Gasteiger partial charge in [0.05, 0.1) is 16.8 Å². The van der Waals surface area contributed by atoms with Crippen LogP contribution in [0.15, 0.2) is 29.1 Å². The van der Waals surface area contributed by atoms with Gasteiger partial charge in [-0.1, -0.05) is 38.8 Å². The molecule has 0 saturated heterocycles. The molecule has 4 heteroatoms. The zero-order valence-electron chi connectivity index (χ0n) is 13.0. The van der Waals surface area contributed by atoms with Crippen molar-refractivity contribution >= 4 is 22.5 Å². The lowest BCUT2D eigenvalue weighted by atomic mass is 10.0. The maximum absolute atomic E-state index is 12.7. The molecule has 0 radical (unpaired) electrons. The molecule has 1 unspecified atom stereocenters. The first kappa shape index (κ1) is 16.0. The molecule has 1 aromatic carbocycles. The van der Waals surface area contributed by atoms with Crippen molar-refractivity contribution in [3.8, 4) is 0 Å². The van der Waals surface area contributed by atoms with Crippen LogP contribution in [0.1, 0.15) is 51.9 Å². The maximum Gasteiger partial charge on any atom is 0.261 e. The Morgan fingerprint density at radius 2 is 1.90 bits per heavy atom. The summed E-state index contributed by atoms with van der Waals surface area (Å²) < 4.78 is 1.77. The second-order valence-electron chi connectivity index (χ2n) is 6.03. The molecule has 2 rings (SSSR count). The van der Waals surface area contributed by atoms with Gasteiger partial charge in [-0.05, 0) is 31.4 Å². The zero-order valence-corrected chi connectivity index (χ0v) is 13.7. The summed E-state index contributed by atoms with van der Waals surface area (Å²) in [7, 11) is 0. The van der Waals surface area contributed by atoms with Gasteiger partial charge in [-0.3, -0.25) is 9.36 Å². The van der Waals surface area contributed by atoms with Crippen molar-refractivity contribution in [2.75, 3.05) is 0 Å². The van der Waals surface area contributed by atoms with Gasteiger partial charge in [0.25, 0.3) is 5.56 Å². The van der Waals surface area contributed by atoms with E-state index in [1.807, 2.05) is 24.3 Å². The Morgan fingerprint density at radius 1 is 1.19 bits per heavy atom. The molecule has 21 heavy (non-hydrogen) atoms. The zero-order chi connectivity index (χ0) is 15.4. The van der Waals surface area contributed by atoms with E-state index in [2.05, 4.69) is 25.8 Å². The number of aromatic nitrogens is 2. The number of hydrogen-bond acceptors (Lipinski definition) is 2. The monoisotopic (exact) mass is 306 g/mol. The number of nitrogens with zero attached hydrogens (tertiary/aromatic N) is 2. The van der Waals surface area contributed by atoms with Crippen molar-refractivity contribution < 1.29 is 0 Å². The van der Waals surface area contributed by atoms with Crippen molar-refractivity contribution in [3.63, 3.8) is 0 Å². The minimum atomic E-state index is 0.0216. The Bertz CT molecular complexity index is 663. The van der Waals surface area contributed by atoms with Crippen LogP contribution in [0.4, 0.5) is 0 Å². The molecule has 1 atom stereocenters. The first-order valence-electron chi connectivity index (χ1n) is 7.60. The van der Waals surface area contributed by atoms with Crippen LogP contribution in [-0.4, -0.2) is 9.55 Å². The SMILES string of the molecule is CC(C)CCCC(C)n1c(CCl)nc2ccccc2c1=O. The predicted molar refractivity (Wildman–Crippen MR) is 89.0 cm³/mol. The van der Waals surface area contributed by atoms with Gasteiger partial charge in [-0.25, -0.2) is 4.98 Å². The summed E-state index contributed by atoms with van der Waals surface area (Å²) in [6.07, 6.45) is 3.26. The average Bonchev–Trinajstić information content (AvgIpc) is 2.46. The highest BCUT2D eigenvalue weighted by Gasteiger charge is 2.15. The molecule has 0 bridgehead atoms. The van der Waals surface area contributed by atoms with Crippen LogP contribution in [0.25, 0.3) is 10.9 Å². The third-order valence-electron chi connectivity index (χ3n) is 3.84. The smallest absolute Gasteiger partial charge is 0.261 e. The lowest BCUT2D eigenvalue weighted by Gasteiger charge is -2.19. The first-order valence-corrected chi connectivity index (χ1v) is 8.14. The molecule has 0 amide bonds. The minimum absolute atomic E-state index is 0.0216. The van der Waals surface area contributed by atoms with E-state index in [-0.39, 0.29) is 17.5 Å². The van der Waals surface area contributed by atoms with Crippen LogP contribution in [0.2, 0.25) is 0 Å². The van der Waals surface area contributed by atoms with E-state index in [1.165, 1.54) is 6.42 Å². The number of rotatable bonds is 6. The van der Waals surface area contributed by atoms with Gasteiger partial charge in [0.15, 0.2) is 0 Å². The lowest BCUT2D eigenvalue weighted by Crippen LogP contribution is -2.27. The van der Waals surface area contributed by atoms with Crippen LogP contribution < -0.4 is 5.56 Å². The number of fused-ring (bicyclic) bond motifs is 1. The number of para-hydroxylation sites is 1. The highest BCUT2D eigenvalue weighted by Crippen LogP contribution is 2.19. The minimum Gasteiger partial charge on any atom is -0.292 e. The standard InChI is InChI=1S/C17H23ClN2O/c1-12(2)7-6-8-13(3)20-16(11-18)19-15-10-5-4-9-14(15)17(20)21/h4-5,9-10,12-13H,6-8,11H2,1-3H3. The highest BCUT2D eigenvalue weighted by atomic mass is 35.5. The second-order valence-corrected chi connectivity index (χ2v) is 6.29. The van der Waals surface area contributed by atoms with Gasteiger partial charge >= 0.3 is 0 Å². The number of halogens is 1. The maximum atomic E-state index is 12.7. The topological polar surface area (TPSA) is 34.9 Å². The van der Waals surface area contributed by atoms with Crippen LogP contribution in [-0.2, 0) is 5.88 Å². The summed E-state index contributed by atoms with van der Waals surface area (Å²) in [5, 5.41) is 0.669. The van der Waals surface area contributed by atoms with Crippen LogP contribution in [0.5, 0.6) is 0 Å². The Balaban J connectivity index is 2.37. The van der Waals surface area contributed by atoms with Crippen LogP contribution >= 0.6 is 11.6 Å². The molecule has 1 heterocycles. The van der Waals surface area contributed by atoms with E-state index < -0.39 is 0 Å². The van der Waals surface area contributed by atoms with Gasteiger partial charge in [0, 0.05) is 6.04 Å².